The number of hydrogen-bond donors (Lipinski definition) is 2. The van der Waals surface area contributed by atoms with E-state index < -0.39 is 6.09 Å². The topological polar surface area (TPSA) is 86.3 Å². The van der Waals surface area contributed by atoms with Crippen LogP contribution in [0, 0.1) is 12.3 Å². The smallest absolute Gasteiger partial charge is 0.407 e. The summed E-state index contributed by atoms with van der Waals surface area (Å²) in [4.78, 5) is 26.9. The summed E-state index contributed by atoms with van der Waals surface area (Å²) in [5, 5.41) is 2.72. The Bertz CT molecular complexity index is 977. The largest absolute Gasteiger partial charge is 0.446 e. The van der Waals surface area contributed by atoms with E-state index in [0.717, 1.165) is 42.6 Å². The Hall–Kier alpha value is -2.77. The van der Waals surface area contributed by atoms with Gasteiger partial charge in [-0.2, -0.15) is 0 Å². The Kier molecular flexibility index (Phi) is 29.3. The first kappa shape index (κ1) is 42.2. The molecule has 0 fully saturated rings. The molecular weight excluding hydrogens is 588 g/mol. The molecule has 0 bridgehead atoms. The van der Waals surface area contributed by atoms with Crippen molar-refractivity contribution < 1.29 is 28.5 Å². The van der Waals surface area contributed by atoms with Crippen LogP contribution in [0.3, 0.4) is 0 Å². The van der Waals surface area contributed by atoms with Gasteiger partial charge in [-0.05, 0) is 43.7 Å². The number of allylic oxidation sites excluding steroid dienone is 2. The van der Waals surface area contributed by atoms with Gasteiger partial charge in [0.1, 0.15) is 6.10 Å². The fraction of sp³-hybridized carbons (Fsp3) is 0.611. The molecule has 0 aromatic heterocycles. The summed E-state index contributed by atoms with van der Waals surface area (Å²) < 4.78 is 21.9. The highest BCUT2D eigenvalue weighted by atomic mass is 32.1. The number of ether oxygens (including phenoxy) is 4. The average molecular weight is 647 g/mol. The zero-order chi connectivity index (χ0) is 33.4. The van der Waals surface area contributed by atoms with Crippen molar-refractivity contribution in [3.05, 3.63) is 48.1 Å². The van der Waals surface area contributed by atoms with Crippen LogP contribution in [0.25, 0.3) is 6.08 Å². The number of benzene rings is 1. The molecule has 0 heterocycles. The molecular formula is C36H58N2O6S. The van der Waals surface area contributed by atoms with Gasteiger partial charge in [0.2, 0.25) is 5.91 Å². The number of terminal acetylenes is 1. The zero-order valence-corrected chi connectivity index (χ0v) is 29.0. The van der Waals surface area contributed by atoms with Gasteiger partial charge in [0.25, 0.3) is 0 Å². The van der Waals surface area contributed by atoms with E-state index in [1.165, 1.54) is 12.8 Å². The van der Waals surface area contributed by atoms with Gasteiger partial charge in [-0.15, -0.1) is 19.1 Å². The molecule has 0 saturated heterocycles. The molecule has 2 rings (SSSR count). The lowest BCUT2D eigenvalue weighted by molar-refractivity contribution is -0.131. The highest BCUT2D eigenvalue weighted by molar-refractivity contribution is 7.80. The lowest BCUT2D eigenvalue weighted by Crippen LogP contribution is -2.32. The molecule has 1 aromatic rings. The third-order valence-corrected chi connectivity index (χ3v) is 6.81. The molecule has 9 heteroatoms. The van der Waals surface area contributed by atoms with E-state index >= 15 is 0 Å². The Morgan fingerprint density at radius 3 is 2.29 bits per heavy atom. The molecule has 0 aliphatic heterocycles. The molecule has 1 N–H and O–H groups in total. The van der Waals surface area contributed by atoms with Gasteiger partial charge in [-0.3, -0.25) is 4.79 Å². The standard InChI is InChI=1S/C30H42N2O6S.C4H10.C2H6/c1-2-18-32(19-10-12-26-11-8-9-15-28(26)39)29(33)16-20-35-22-24-37-25-23-36-21-17-31-30(34)38-27-13-6-4-3-5-7-14-27;1-3-4-2;1-2/h1,3-4,8-12,15,27,39H,5-7,13-14,16-25H2,(H,31,34);3-4H2,1-2H3;1-2H3/b4-3+,12-10+;;. The van der Waals surface area contributed by atoms with E-state index in [2.05, 4.69) is 49.9 Å². The van der Waals surface area contributed by atoms with Gasteiger partial charge in [0, 0.05) is 18.0 Å². The van der Waals surface area contributed by atoms with E-state index in [4.69, 9.17) is 25.4 Å². The maximum Gasteiger partial charge on any atom is 0.407 e. The number of rotatable bonds is 18. The predicted molar refractivity (Wildman–Crippen MR) is 188 cm³/mol. The average Bonchev–Trinajstić information content (AvgIpc) is 3.04. The first-order valence-corrected chi connectivity index (χ1v) is 16.9. The minimum Gasteiger partial charge on any atom is -0.446 e. The van der Waals surface area contributed by atoms with Crippen molar-refractivity contribution in [3.8, 4) is 12.3 Å². The molecule has 2 amide bonds. The van der Waals surface area contributed by atoms with Crippen LogP contribution in [0.5, 0.6) is 0 Å². The third kappa shape index (κ3) is 24.2. The molecule has 45 heavy (non-hydrogen) atoms. The normalized spacial score (nSPS) is 14.8. The summed E-state index contributed by atoms with van der Waals surface area (Å²) in [6.45, 7) is 11.7. The molecule has 0 saturated carbocycles. The molecule has 1 aromatic carbocycles. The number of nitrogens with one attached hydrogen (secondary N) is 1. The summed E-state index contributed by atoms with van der Waals surface area (Å²) in [6.07, 6.45) is 20.9. The van der Waals surface area contributed by atoms with Crippen molar-refractivity contribution in [2.24, 2.45) is 0 Å². The Morgan fingerprint density at radius 1 is 0.978 bits per heavy atom. The van der Waals surface area contributed by atoms with E-state index in [0.29, 0.717) is 52.7 Å². The summed E-state index contributed by atoms with van der Waals surface area (Å²) in [5.74, 6) is 2.47. The number of carbonyl (C=O) groups is 2. The molecule has 1 aliphatic carbocycles. The number of hydrogen-bond acceptors (Lipinski definition) is 7. The van der Waals surface area contributed by atoms with E-state index in [9.17, 15) is 9.59 Å². The van der Waals surface area contributed by atoms with Crippen LogP contribution in [0.4, 0.5) is 4.79 Å². The minimum absolute atomic E-state index is 0.0181. The number of thiol groups is 1. The number of unbranched alkanes of at least 4 members (excludes halogenated alkanes) is 1. The number of carbonyl (C=O) groups excluding carboxylic acids is 2. The van der Waals surface area contributed by atoms with E-state index in [1.807, 2.05) is 50.3 Å². The van der Waals surface area contributed by atoms with Gasteiger partial charge in [0.15, 0.2) is 0 Å². The number of nitrogens with zero attached hydrogens (tertiary/aromatic N) is 1. The van der Waals surface area contributed by atoms with Crippen molar-refractivity contribution in [2.75, 3.05) is 59.3 Å². The fourth-order valence-corrected chi connectivity index (χ4v) is 4.06. The fourth-order valence-electron chi connectivity index (χ4n) is 3.82. The second kappa shape index (κ2) is 31.2. The Labute approximate surface area is 278 Å². The molecule has 0 radical (unpaired) electrons. The van der Waals surface area contributed by atoms with Crippen molar-refractivity contribution in [2.45, 2.75) is 90.1 Å². The number of amides is 2. The quantitative estimate of drug-likeness (QED) is 0.0752. The van der Waals surface area contributed by atoms with Gasteiger partial charge in [0.05, 0.1) is 52.6 Å². The maximum absolute atomic E-state index is 12.5. The van der Waals surface area contributed by atoms with Crippen molar-refractivity contribution in [3.63, 3.8) is 0 Å². The lowest BCUT2D eigenvalue weighted by Gasteiger charge is -2.18. The minimum atomic E-state index is -0.391. The van der Waals surface area contributed by atoms with Crippen LogP contribution in [0.1, 0.15) is 84.6 Å². The van der Waals surface area contributed by atoms with Crippen molar-refractivity contribution in [1.29, 1.82) is 0 Å². The predicted octanol–water partition coefficient (Wildman–Crippen LogP) is 7.34. The molecule has 0 spiro atoms. The summed E-state index contributed by atoms with van der Waals surface area (Å²) in [7, 11) is 0. The van der Waals surface area contributed by atoms with Crippen LogP contribution >= 0.6 is 12.6 Å². The maximum atomic E-state index is 12.5. The van der Waals surface area contributed by atoms with E-state index in [1.54, 1.807) is 4.90 Å². The molecule has 254 valence electrons. The lowest BCUT2D eigenvalue weighted by atomic mass is 10.0. The Morgan fingerprint density at radius 2 is 1.62 bits per heavy atom. The Balaban J connectivity index is 0.00000298. The third-order valence-electron chi connectivity index (χ3n) is 6.41. The van der Waals surface area contributed by atoms with Crippen molar-refractivity contribution in [1.82, 2.24) is 10.2 Å². The molecule has 1 unspecified atom stereocenters. The molecule has 8 nitrogen and oxygen atoms in total. The summed E-state index contributed by atoms with van der Waals surface area (Å²) in [5.41, 5.74) is 0.984. The molecule has 1 atom stereocenters. The highest BCUT2D eigenvalue weighted by Gasteiger charge is 2.14. The van der Waals surface area contributed by atoms with Crippen LogP contribution in [0.15, 0.2) is 47.4 Å². The first-order valence-electron chi connectivity index (χ1n) is 16.5. The zero-order valence-electron chi connectivity index (χ0n) is 28.1. The second-order valence-corrected chi connectivity index (χ2v) is 10.4. The number of alkyl carbamates (subject to hydrolysis) is 1. The van der Waals surface area contributed by atoms with Crippen LogP contribution in [0.2, 0.25) is 0 Å². The van der Waals surface area contributed by atoms with Crippen LogP contribution < -0.4 is 5.32 Å². The SMILES string of the molecule is C#CCN(C/C=C/c1ccccc1S)C(=O)CCOCCOCCOCCNC(=O)OC1CC/C=C/CCC1.CC.CCCC. The van der Waals surface area contributed by atoms with Crippen LogP contribution in [-0.2, 0) is 23.7 Å². The van der Waals surface area contributed by atoms with Crippen LogP contribution in [-0.4, -0.2) is 82.3 Å². The van der Waals surface area contributed by atoms with Gasteiger partial charge >= 0.3 is 6.09 Å². The first-order chi connectivity index (χ1) is 22.0. The summed E-state index contributed by atoms with van der Waals surface area (Å²) in [6, 6.07) is 7.74. The van der Waals surface area contributed by atoms with Gasteiger partial charge < -0.3 is 29.2 Å². The highest BCUT2D eigenvalue weighted by Crippen LogP contribution is 2.16. The van der Waals surface area contributed by atoms with Gasteiger partial charge in [-0.1, -0.05) is 89.0 Å². The van der Waals surface area contributed by atoms with Crippen molar-refractivity contribution >= 4 is 30.7 Å². The summed E-state index contributed by atoms with van der Waals surface area (Å²) >= 11 is 4.42. The van der Waals surface area contributed by atoms with E-state index in [-0.39, 0.29) is 25.0 Å². The monoisotopic (exact) mass is 646 g/mol. The second-order valence-electron chi connectivity index (χ2n) is 9.96. The van der Waals surface area contributed by atoms with Gasteiger partial charge in [-0.25, -0.2) is 4.79 Å². The molecule has 1 aliphatic rings.